The average Bonchev–Trinajstić information content (AvgIpc) is 2.93. The van der Waals surface area contributed by atoms with Crippen LogP contribution in [-0.4, -0.2) is 29.0 Å². The van der Waals surface area contributed by atoms with Gasteiger partial charge in [0.25, 0.3) is 0 Å². The first-order valence-electron chi connectivity index (χ1n) is 7.20. The van der Waals surface area contributed by atoms with Gasteiger partial charge in [-0.05, 0) is 44.7 Å². The number of nitrogens with zero attached hydrogens (tertiary/aromatic N) is 2. The molecule has 1 aromatic rings. The van der Waals surface area contributed by atoms with Crippen LogP contribution in [0.1, 0.15) is 51.0 Å². The minimum atomic E-state index is -0.181. The van der Waals surface area contributed by atoms with Gasteiger partial charge in [0.05, 0.1) is 12.7 Å². The Kier molecular flexibility index (Phi) is 5.65. The van der Waals surface area contributed by atoms with Crippen LogP contribution in [0.3, 0.4) is 0 Å². The van der Waals surface area contributed by atoms with Crippen molar-refractivity contribution in [2.24, 2.45) is 0 Å². The van der Waals surface area contributed by atoms with E-state index in [1.165, 1.54) is 25.7 Å². The van der Waals surface area contributed by atoms with Crippen molar-refractivity contribution in [3.05, 3.63) is 18.5 Å². The zero-order valence-corrected chi connectivity index (χ0v) is 11.0. The summed E-state index contributed by atoms with van der Waals surface area (Å²) in [5, 5.41) is 8.01. The molecular formula is C14H24FN3. The van der Waals surface area contributed by atoms with E-state index < -0.39 is 0 Å². The Morgan fingerprint density at radius 2 is 2.11 bits per heavy atom. The highest BCUT2D eigenvalue weighted by atomic mass is 19.1. The SMILES string of the molecule is FCCCCCNC1CCCCC1n1cccn1. The molecule has 2 rings (SSSR count). The smallest absolute Gasteiger partial charge is 0.0894 e. The monoisotopic (exact) mass is 253 g/mol. The first-order valence-corrected chi connectivity index (χ1v) is 7.20. The molecule has 1 saturated carbocycles. The summed E-state index contributed by atoms with van der Waals surface area (Å²) in [7, 11) is 0. The van der Waals surface area contributed by atoms with Crippen LogP contribution < -0.4 is 5.32 Å². The van der Waals surface area contributed by atoms with E-state index in [4.69, 9.17) is 0 Å². The Balaban J connectivity index is 1.77. The van der Waals surface area contributed by atoms with Gasteiger partial charge >= 0.3 is 0 Å². The highest BCUT2D eigenvalue weighted by Gasteiger charge is 2.25. The third-order valence-electron chi connectivity index (χ3n) is 3.81. The van der Waals surface area contributed by atoms with Gasteiger partial charge in [-0.1, -0.05) is 12.8 Å². The number of hydrogen-bond acceptors (Lipinski definition) is 2. The van der Waals surface area contributed by atoms with Crippen LogP contribution in [0.25, 0.3) is 0 Å². The van der Waals surface area contributed by atoms with Gasteiger partial charge in [-0.25, -0.2) is 0 Å². The summed E-state index contributed by atoms with van der Waals surface area (Å²) in [5.74, 6) is 0. The summed E-state index contributed by atoms with van der Waals surface area (Å²) in [6.07, 6.45) is 11.7. The number of hydrogen-bond donors (Lipinski definition) is 1. The van der Waals surface area contributed by atoms with Crippen LogP contribution in [0.4, 0.5) is 4.39 Å². The predicted octanol–water partition coefficient (Wildman–Crippen LogP) is 3.10. The number of rotatable bonds is 7. The predicted molar refractivity (Wildman–Crippen MR) is 71.3 cm³/mol. The van der Waals surface area contributed by atoms with Gasteiger partial charge < -0.3 is 5.32 Å². The minimum absolute atomic E-state index is 0.181. The lowest BCUT2D eigenvalue weighted by Crippen LogP contribution is -2.40. The van der Waals surface area contributed by atoms with Crippen LogP contribution in [0, 0.1) is 0 Å². The summed E-state index contributed by atoms with van der Waals surface area (Å²) in [6, 6.07) is 3.02. The highest BCUT2D eigenvalue weighted by Crippen LogP contribution is 2.27. The van der Waals surface area contributed by atoms with Crippen LogP contribution in [-0.2, 0) is 0 Å². The molecule has 0 aromatic carbocycles. The number of alkyl halides is 1. The number of halogens is 1. The van der Waals surface area contributed by atoms with Crippen molar-refractivity contribution in [1.82, 2.24) is 15.1 Å². The molecule has 1 fully saturated rings. The largest absolute Gasteiger partial charge is 0.312 e. The maximum Gasteiger partial charge on any atom is 0.0894 e. The second-order valence-electron chi connectivity index (χ2n) is 5.15. The van der Waals surface area contributed by atoms with Crippen LogP contribution in [0.2, 0.25) is 0 Å². The van der Waals surface area contributed by atoms with E-state index in [1.807, 2.05) is 12.3 Å². The fourth-order valence-electron chi connectivity index (χ4n) is 2.83. The maximum atomic E-state index is 12.0. The van der Waals surface area contributed by atoms with Gasteiger partial charge in [0.1, 0.15) is 0 Å². The van der Waals surface area contributed by atoms with Crippen LogP contribution in [0.15, 0.2) is 18.5 Å². The molecule has 18 heavy (non-hydrogen) atoms. The first kappa shape index (κ1) is 13.5. The molecule has 3 nitrogen and oxygen atoms in total. The molecule has 0 bridgehead atoms. The topological polar surface area (TPSA) is 29.9 Å². The zero-order valence-electron chi connectivity index (χ0n) is 11.0. The van der Waals surface area contributed by atoms with Crippen molar-refractivity contribution in [3.63, 3.8) is 0 Å². The number of unbranched alkanes of at least 4 members (excludes halogenated alkanes) is 2. The molecule has 4 heteroatoms. The van der Waals surface area contributed by atoms with E-state index in [-0.39, 0.29) is 6.67 Å². The highest BCUT2D eigenvalue weighted by molar-refractivity contribution is 4.89. The van der Waals surface area contributed by atoms with Crippen molar-refractivity contribution in [2.45, 2.75) is 57.0 Å². The molecule has 0 spiro atoms. The van der Waals surface area contributed by atoms with Crippen molar-refractivity contribution in [3.8, 4) is 0 Å². The van der Waals surface area contributed by atoms with Gasteiger partial charge in [-0.3, -0.25) is 9.07 Å². The summed E-state index contributed by atoms with van der Waals surface area (Å²) < 4.78 is 14.1. The van der Waals surface area contributed by atoms with Gasteiger partial charge in [-0.15, -0.1) is 0 Å². The van der Waals surface area contributed by atoms with Gasteiger partial charge in [0.15, 0.2) is 0 Å². The van der Waals surface area contributed by atoms with Gasteiger partial charge in [0, 0.05) is 18.4 Å². The molecule has 1 N–H and O–H groups in total. The van der Waals surface area contributed by atoms with E-state index in [1.54, 1.807) is 0 Å². The van der Waals surface area contributed by atoms with Crippen molar-refractivity contribution in [1.29, 1.82) is 0 Å². The lowest BCUT2D eigenvalue weighted by atomic mass is 9.90. The number of nitrogens with one attached hydrogen (secondary N) is 1. The molecule has 102 valence electrons. The van der Waals surface area contributed by atoms with E-state index >= 15 is 0 Å². The quantitative estimate of drug-likeness (QED) is 0.757. The van der Waals surface area contributed by atoms with E-state index in [2.05, 4.69) is 21.3 Å². The zero-order chi connectivity index (χ0) is 12.6. The molecule has 0 saturated heterocycles. The molecule has 0 amide bonds. The molecule has 0 radical (unpaired) electrons. The third-order valence-corrected chi connectivity index (χ3v) is 3.81. The lowest BCUT2D eigenvalue weighted by molar-refractivity contribution is 0.246. The maximum absolute atomic E-state index is 12.0. The number of aromatic nitrogens is 2. The van der Waals surface area contributed by atoms with Gasteiger partial charge in [-0.2, -0.15) is 5.10 Å². The molecule has 2 unspecified atom stereocenters. The van der Waals surface area contributed by atoms with Crippen molar-refractivity contribution in [2.75, 3.05) is 13.2 Å². The van der Waals surface area contributed by atoms with Crippen LogP contribution in [0.5, 0.6) is 0 Å². The Morgan fingerprint density at radius 1 is 1.22 bits per heavy atom. The third kappa shape index (κ3) is 3.80. The first-order chi connectivity index (χ1) is 8.92. The molecule has 2 atom stereocenters. The molecule has 0 aliphatic heterocycles. The second kappa shape index (κ2) is 7.52. The molecule has 1 aliphatic carbocycles. The fourth-order valence-corrected chi connectivity index (χ4v) is 2.83. The summed E-state index contributed by atoms with van der Waals surface area (Å²) >= 11 is 0. The lowest BCUT2D eigenvalue weighted by Gasteiger charge is -2.32. The Morgan fingerprint density at radius 3 is 2.89 bits per heavy atom. The minimum Gasteiger partial charge on any atom is -0.312 e. The Labute approximate surface area is 109 Å². The fraction of sp³-hybridized carbons (Fsp3) is 0.786. The summed E-state index contributed by atoms with van der Waals surface area (Å²) in [4.78, 5) is 0. The summed E-state index contributed by atoms with van der Waals surface area (Å²) in [5.41, 5.74) is 0. The average molecular weight is 253 g/mol. The van der Waals surface area contributed by atoms with Gasteiger partial charge in [0.2, 0.25) is 0 Å². The molecular weight excluding hydrogens is 229 g/mol. The standard InChI is InChI=1S/C14H24FN3/c15-9-4-1-5-10-16-13-7-2-3-8-14(13)18-12-6-11-17-18/h6,11-14,16H,1-5,7-10H2. The van der Waals surface area contributed by atoms with E-state index in [0.717, 1.165) is 19.4 Å². The summed E-state index contributed by atoms with van der Waals surface area (Å²) in [6.45, 7) is 0.821. The molecule has 1 heterocycles. The Bertz CT molecular complexity index is 313. The van der Waals surface area contributed by atoms with Crippen molar-refractivity contribution < 1.29 is 4.39 Å². The molecule has 1 aromatic heterocycles. The second-order valence-corrected chi connectivity index (χ2v) is 5.15. The van der Waals surface area contributed by atoms with Crippen molar-refractivity contribution >= 4 is 0 Å². The normalized spacial score (nSPS) is 24.3. The van der Waals surface area contributed by atoms with Crippen LogP contribution >= 0.6 is 0 Å². The Hall–Kier alpha value is -0.900. The van der Waals surface area contributed by atoms with E-state index in [9.17, 15) is 4.39 Å². The molecule has 1 aliphatic rings. The van der Waals surface area contributed by atoms with E-state index in [0.29, 0.717) is 18.5 Å².